The van der Waals surface area contributed by atoms with Gasteiger partial charge in [0.25, 0.3) is 0 Å². The Morgan fingerprint density at radius 1 is 1.30 bits per heavy atom. The van der Waals surface area contributed by atoms with Gasteiger partial charge in [-0.1, -0.05) is 35.5 Å². The van der Waals surface area contributed by atoms with E-state index in [1.54, 1.807) is 0 Å². The number of thiazole rings is 1. The van der Waals surface area contributed by atoms with Gasteiger partial charge in [-0.25, -0.2) is 9.78 Å². The molecule has 2 aliphatic rings. The lowest BCUT2D eigenvalue weighted by atomic mass is 9.88. The molecule has 0 unspecified atom stereocenters. The summed E-state index contributed by atoms with van der Waals surface area (Å²) >= 11 is 2.43. The fourth-order valence-corrected chi connectivity index (χ4v) is 5.88. The molecular formula is C24H23N4O7S2-. The zero-order chi connectivity index (χ0) is 26.9. The Labute approximate surface area is 220 Å². The number of aromatic nitrogens is 1. The number of nitrogens with zero attached hydrogens (tertiary/aromatic N) is 3. The summed E-state index contributed by atoms with van der Waals surface area (Å²) in [5.74, 6) is -4.32. The molecule has 2 atom stereocenters. The molecule has 4 rings (SSSR count). The van der Waals surface area contributed by atoms with Gasteiger partial charge in [0.2, 0.25) is 11.5 Å². The molecule has 0 bridgehead atoms. The lowest BCUT2D eigenvalue weighted by Gasteiger charge is -2.51. The Bertz CT molecular complexity index is 1320. The molecule has 0 radical (unpaired) electrons. The third kappa shape index (κ3) is 5.37. The molecule has 0 aliphatic carbocycles. The fourth-order valence-electron chi connectivity index (χ4n) is 3.92. The molecule has 11 nitrogen and oxygen atoms in total. The molecule has 37 heavy (non-hydrogen) atoms. The Morgan fingerprint density at radius 3 is 2.59 bits per heavy atom. The lowest BCUT2D eigenvalue weighted by molar-refractivity contribution is -0.301. The predicted octanol–water partition coefficient (Wildman–Crippen LogP) is 1.05. The number of benzene rings is 1. The van der Waals surface area contributed by atoms with E-state index in [4.69, 9.17) is 10.6 Å². The van der Waals surface area contributed by atoms with E-state index in [-0.39, 0.29) is 28.7 Å². The van der Waals surface area contributed by atoms with Gasteiger partial charge < -0.3 is 25.6 Å². The number of carboxylic acid groups (broad SMARTS) is 2. The number of fused-ring (bicyclic) bond motifs is 1. The third-order valence-corrected chi connectivity index (χ3v) is 8.00. The fraction of sp³-hybridized carbons (Fsp3) is 0.333. The summed E-state index contributed by atoms with van der Waals surface area (Å²) in [6.07, 6.45) is 0.0600. The Morgan fingerprint density at radius 2 is 2.00 bits per heavy atom. The number of ketones is 1. The second-order valence-electron chi connectivity index (χ2n) is 8.96. The number of carbonyl (C=O) groups is 4. The number of rotatable bonds is 10. The first-order chi connectivity index (χ1) is 17.5. The van der Waals surface area contributed by atoms with Gasteiger partial charge in [-0.3, -0.25) is 14.5 Å². The number of nitrogens with two attached hydrogens (primary N) is 1. The first kappa shape index (κ1) is 26.4. The highest BCUT2D eigenvalue weighted by molar-refractivity contribution is 8.00. The van der Waals surface area contributed by atoms with Gasteiger partial charge in [0.05, 0.1) is 23.0 Å². The van der Waals surface area contributed by atoms with Crippen LogP contribution in [0.1, 0.15) is 31.5 Å². The largest absolute Gasteiger partial charge is 0.543 e. The van der Waals surface area contributed by atoms with Crippen molar-refractivity contribution in [3.8, 4) is 0 Å². The molecule has 0 spiro atoms. The first-order valence-electron chi connectivity index (χ1n) is 11.2. The van der Waals surface area contributed by atoms with E-state index in [9.17, 15) is 29.4 Å². The number of amides is 1. The van der Waals surface area contributed by atoms with Gasteiger partial charge >= 0.3 is 5.97 Å². The Kier molecular flexibility index (Phi) is 7.37. The maximum absolute atomic E-state index is 13.2. The smallest absolute Gasteiger partial charge is 0.350 e. The molecule has 1 aromatic carbocycles. The minimum Gasteiger partial charge on any atom is -0.543 e. The summed E-state index contributed by atoms with van der Waals surface area (Å²) in [4.78, 5) is 60.0. The van der Waals surface area contributed by atoms with Crippen LogP contribution in [0.2, 0.25) is 0 Å². The van der Waals surface area contributed by atoms with Gasteiger partial charge in [-0.05, 0) is 31.4 Å². The highest BCUT2D eigenvalue weighted by Gasteiger charge is 2.52. The molecule has 0 saturated carbocycles. The SMILES string of the molecule is CC(C)(O/N=C(\C(=O)C[C@@H]1C(=O)N2C(C(=O)[O-])=C(Cc3ccccc3)CS[C@H]12)c1csc(N)n1)C(=O)O. The number of nitrogen functional groups attached to an aromatic ring is 1. The zero-order valence-corrected chi connectivity index (χ0v) is 21.5. The molecule has 1 amide bonds. The van der Waals surface area contributed by atoms with Crippen LogP contribution in [0.25, 0.3) is 0 Å². The van der Waals surface area contributed by atoms with Crippen molar-refractivity contribution in [1.29, 1.82) is 0 Å². The number of carboxylic acids is 2. The Hall–Kier alpha value is -3.71. The van der Waals surface area contributed by atoms with Gasteiger partial charge in [0.1, 0.15) is 5.69 Å². The summed E-state index contributed by atoms with van der Waals surface area (Å²) in [6.45, 7) is 2.53. The summed E-state index contributed by atoms with van der Waals surface area (Å²) in [7, 11) is 0. The number of oxime groups is 1. The number of hydrogen-bond acceptors (Lipinski definition) is 11. The maximum Gasteiger partial charge on any atom is 0.350 e. The molecule has 3 N–H and O–H groups in total. The van der Waals surface area contributed by atoms with Crippen molar-refractivity contribution in [1.82, 2.24) is 9.88 Å². The van der Waals surface area contributed by atoms with Crippen molar-refractivity contribution in [2.24, 2.45) is 11.1 Å². The zero-order valence-electron chi connectivity index (χ0n) is 19.9. The molecule has 3 heterocycles. The summed E-state index contributed by atoms with van der Waals surface area (Å²) in [5.41, 5.74) is 5.09. The van der Waals surface area contributed by atoms with Crippen LogP contribution in [0.4, 0.5) is 5.13 Å². The van der Waals surface area contributed by atoms with E-state index >= 15 is 0 Å². The topological polar surface area (TPSA) is 175 Å². The molecule has 13 heteroatoms. The molecular weight excluding hydrogens is 520 g/mol. The highest BCUT2D eigenvalue weighted by atomic mass is 32.2. The molecule has 2 aliphatic heterocycles. The number of Topliss-reactive ketones (excluding diaryl/α,β-unsaturated/α-hetero) is 1. The van der Waals surface area contributed by atoms with E-state index in [0.717, 1.165) is 16.9 Å². The minimum atomic E-state index is -1.72. The second-order valence-corrected chi connectivity index (χ2v) is 11.0. The second kappa shape index (κ2) is 10.3. The minimum absolute atomic E-state index is 0.0917. The monoisotopic (exact) mass is 543 g/mol. The summed E-state index contributed by atoms with van der Waals surface area (Å²) in [6, 6.07) is 9.29. The van der Waals surface area contributed by atoms with Gasteiger partial charge in [0, 0.05) is 17.6 Å². The van der Waals surface area contributed by atoms with Crippen molar-refractivity contribution in [2.75, 3.05) is 11.5 Å². The standard InChI is InChI=1S/C24H24N4O7S2/c1-24(2,22(33)34)35-27-17(15-11-37-23(25)26-15)16(29)9-14-19(30)28-18(21(31)32)13(10-36-20(14)28)8-12-6-4-3-5-7-12/h3-7,11,14,20H,8-10H2,1-2H3,(H2,25,26)(H,31,32)(H,33,34)/p-1/b27-17-/t14-,20-/m1/s1. The van der Waals surface area contributed by atoms with Crippen LogP contribution in [0, 0.1) is 5.92 Å². The van der Waals surface area contributed by atoms with Crippen LogP contribution in [-0.4, -0.2) is 61.1 Å². The highest BCUT2D eigenvalue weighted by Crippen LogP contribution is 2.45. The van der Waals surface area contributed by atoms with E-state index in [1.807, 2.05) is 30.3 Å². The molecule has 1 saturated heterocycles. The van der Waals surface area contributed by atoms with Crippen LogP contribution in [0.3, 0.4) is 0 Å². The van der Waals surface area contributed by atoms with E-state index in [2.05, 4.69) is 10.1 Å². The van der Waals surface area contributed by atoms with Crippen molar-refractivity contribution in [3.05, 3.63) is 58.2 Å². The first-order valence-corrected chi connectivity index (χ1v) is 13.1. The molecule has 2 aromatic rings. The average Bonchev–Trinajstić information content (AvgIpc) is 3.28. The summed E-state index contributed by atoms with van der Waals surface area (Å²) < 4.78 is 0. The van der Waals surface area contributed by atoms with Crippen molar-refractivity contribution in [2.45, 2.75) is 37.7 Å². The average molecular weight is 544 g/mol. The lowest BCUT2D eigenvalue weighted by Crippen LogP contribution is -2.63. The van der Waals surface area contributed by atoms with Crippen molar-refractivity contribution in [3.63, 3.8) is 0 Å². The predicted molar refractivity (Wildman–Crippen MR) is 134 cm³/mol. The third-order valence-electron chi connectivity index (χ3n) is 5.93. The van der Waals surface area contributed by atoms with Crippen LogP contribution < -0.4 is 10.8 Å². The number of thioether (sulfide) groups is 1. The van der Waals surface area contributed by atoms with E-state index in [0.29, 0.717) is 17.7 Å². The molecule has 194 valence electrons. The van der Waals surface area contributed by atoms with Crippen molar-refractivity contribution < 1.29 is 34.2 Å². The summed E-state index contributed by atoms with van der Waals surface area (Å²) in [5, 5.41) is 26.1. The van der Waals surface area contributed by atoms with Crippen molar-refractivity contribution >= 4 is 57.6 Å². The van der Waals surface area contributed by atoms with Crippen LogP contribution >= 0.6 is 23.1 Å². The maximum atomic E-state index is 13.2. The normalized spacial score (nSPS) is 19.8. The number of anilines is 1. The number of β-lactam (4-membered cyclic amide) rings is 1. The molecule has 1 fully saturated rings. The quantitative estimate of drug-likeness (QED) is 0.250. The molecule has 1 aromatic heterocycles. The van der Waals surface area contributed by atoms with Crippen LogP contribution in [-0.2, 0) is 30.4 Å². The van der Waals surface area contributed by atoms with Gasteiger partial charge in [-0.15, -0.1) is 23.1 Å². The number of carbonyl (C=O) groups excluding carboxylic acids is 3. The Balaban J connectivity index is 1.55. The number of aliphatic carboxylic acids is 2. The van der Waals surface area contributed by atoms with Crippen LogP contribution in [0.15, 0.2) is 52.1 Å². The van der Waals surface area contributed by atoms with E-state index < -0.39 is 40.5 Å². The van der Waals surface area contributed by atoms with E-state index in [1.165, 1.54) is 35.9 Å². The van der Waals surface area contributed by atoms with Gasteiger partial charge in [-0.2, -0.15) is 0 Å². The number of hydrogen-bond donors (Lipinski definition) is 2. The van der Waals surface area contributed by atoms with Crippen LogP contribution in [0.5, 0.6) is 0 Å². The van der Waals surface area contributed by atoms with Gasteiger partial charge in [0.15, 0.2) is 16.6 Å².